The maximum absolute atomic E-state index is 11.7. The molecule has 0 aromatic heterocycles. The van der Waals surface area contributed by atoms with E-state index in [1.807, 2.05) is 37.3 Å². The Hall–Kier alpha value is -1.47. The lowest BCUT2D eigenvalue weighted by atomic mass is 10.1. The fraction of sp³-hybridized carbons (Fsp3) is 0.588. The van der Waals surface area contributed by atoms with Crippen LogP contribution in [0.4, 0.5) is 0 Å². The van der Waals surface area contributed by atoms with E-state index >= 15 is 0 Å². The van der Waals surface area contributed by atoms with Crippen molar-refractivity contribution < 1.29 is 15.0 Å². The molecule has 1 aromatic carbocycles. The third-order valence-corrected chi connectivity index (χ3v) is 4.16. The van der Waals surface area contributed by atoms with Gasteiger partial charge in [-0.1, -0.05) is 37.3 Å². The minimum Gasteiger partial charge on any atom is -0.389 e. The standard InChI is InChI=1S/C17H27N3O3/c1-2-6-16(22)20-9-13(12-7-4-3-5-8-12)18-10-14-17(23)15(21)11-19-14/h3-5,7-8,13-15,17-19,21,23H,2,6,9-11H2,1H3,(H,20,22)/t13-,14+,15-,17+/m0/s1. The Bertz CT molecular complexity index is 483. The Kier molecular flexibility index (Phi) is 6.98. The summed E-state index contributed by atoms with van der Waals surface area (Å²) >= 11 is 0. The molecule has 1 heterocycles. The molecule has 2 rings (SSSR count). The van der Waals surface area contributed by atoms with Crippen molar-refractivity contribution in [1.29, 1.82) is 0 Å². The highest BCUT2D eigenvalue weighted by molar-refractivity contribution is 5.75. The summed E-state index contributed by atoms with van der Waals surface area (Å²) < 4.78 is 0. The molecule has 0 bridgehead atoms. The van der Waals surface area contributed by atoms with Gasteiger partial charge in [0.1, 0.15) is 0 Å². The van der Waals surface area contributed by atoms with Gasteiger partial charge in [-0.2, -0.15) is 0 Å². The summed E-state index contributed by atoms with van der Waals surface area (Å²) in [4.78, 5) is 11.7. The molecule has 1 aromatic rings. The lowest BCUT2D eigenvalue weighted by molar-refractivity contribution is -0.121. The van der Waals surface area contributed by atoms with Gasteiger partial charge >= 0.3 is 0 Å². The van der Waals surface area contributed by atoms with E-state index in [0.717, 1.165) is 12.0 Å². The Morgan fingerprint density at radius 2 is 2.09 bits per heavy atom. The molecule has 1 saturated heterocycles. The normalized spacial score (nSPS) is 25.3. The third-order valence-electron chi connectivity index (χ3n) is 4.16. The van der Waals surface area contributed by atoms with Crippen LogP contribution in [0.25, 0.3) is 0 Å². The first kappa shape index (κ1) is 17.9. The number of β-amino-alcohol motifs (C(OH)–C–C–N with tert-alkyl or cyclic N) is 1. The van der Waals surface area contributed by atoms with Crippen molar-refractivity contribution in [3.63, 3.8) is 0 Å². The van der Waals surface area contributed by atoms with Crippen LogP contribution >= 0.6 is 0 Å². The summed E-state index contributed by atoms with van der Waals surface area (Å²) in [7, 11) is 0. The highest BCUT2D eigenvalue weighted by Crippen LogP contribution is 2.13. The van der Waals surface area contributed by atoms with E-state index in [1.54, 1.807) is 0 Å². The smallest absolute Gasteiger partial charge is 0.220 e. The summed E-state index contributed by atoms with van der Waals surface area (Å²) in [5.41, 5.74) is 1.08. The van der Waals surface area contributed by atoms with E-state index in [9.17, 15) is 15.0 Å². The van der Waals surface area contributed by atoms with Crippen molar-refractivity contribution in [2.24, 2.45) is 0 Å². The molecule has 1 aliphatic heterocycles. The van der Waals surface area contributed by atoms with E-state index in [1.165, 1.54) is 0 Å². The summed E-state index contributed by atoms with van der Waals surface area (Å²) in [6.07, 6.45) is -0.142. The van der Waals surface area contributed by atoms with Crippen molar-refractivity contribution >= 4 is 5.91 Å². The molecule has 1 aliphatic rings. The van der Waals surface area contributed by atoms with E-state index < -0.39 is 12.2 Å². The number of hydrogen-bond donors (Lipinski definition) is 5. The minimum atomic E-state index is -0.770. The largest absolute Gasteiger partial charge is 0.389 e. The first-order chi connectivity index (χ1) is 11.1. The molecular weight excluding hydrogens is 294 g/mol. The second-order valence-electron chi connectivity index (χ2n) is 6.00. The first-order valence-electron chi connectivity index (χ1n) is 8.26. The van der Waals surface area contributed by atoms with Gasteiger partial charge in [-0.15, -0.1) is 0 Å². The number of carbonyl (C=O) groups is 1. The minimum absolute atomic E-state index is 0.0382. The lowest BCUT2D eigenvalue weighted by Gasteiger charge is -2.23. The van der Waals surface area contributed by atoms with Crippen LogP contribution in [0, 0.1) is 0 Å². The fourth-order valence-corrected chi connectivity index (χ4v) is 2.77. The second-order valence-corrected chi connectivity index (χ2v) is 6.00. The maximum Gasteiger partial charge on any atom is 0.220 e. The van der Waals surface area contributed by atoms with Gasteiger partial charge in [0.2, 0.25) is 5.91 Å². The van der Waals surface area contributed by atoms with Crippen LogP contribution in [-0.2, 0) is 4.79 Å². The zero-order valence-corrected chi connectivity index (χ0v) is 13.5. The highest BCUT2D eigenvalue weighted by atomic mass is 16.3. The van der Waals surface area contributed by atoms with Crippen LogP contribution in [-0.4, -0.2) is 54.0 Å². The molecule has 128 valence electrons. The van der Waals surface area contributed by atoms with Crippen LogP contribution in [0.3, 0.4) is 0 Å². The molecule has 23 heavy (non-hydrogen) atoms. The quantitative estimate of drug-likeness (QED) is 0.462. The van der Waals surface area contributed by atoms with Gasteiger partial charge in [0, 0.05) is 38.1 Å². The fourth-order valence-electron chi connectivity index (χ4n) is 2.77. The predicted octanol–water partition coefficient (Wildman–Crippen LogP) is -0.0728. The number of aliphatic hydroxyl groups excluding tert-OH is 2. The SMILES string of the molecule is CCCC(=O)NC[C@H](NC[C@H]1NC[C@H](O)[C@@H]1O)c1ccccc1. The average Bonchev–Trinajstić information content (AvgIpc) is 2.88. The molecule has 0 unspecified atom stereocenters. The summed E-state index contributed by atoms with van der Waals surface area (Å²) in [6.45, 7) is 3.39. The predicted molar refractivity (Wildman–Crippen MR) is 88.9 cm³/mol. The molecule has 5 N–H and O–H groups in total. The number of rotatable bonds is 8. The van der Waals surface area contributed by atoms with Crippen LogP contribution in [0.1, 0.15) is 31.4 Å². The van der Waals surface area contributed by atoms with Crippen LogP contribution in [0.15, 0.2) is 30.3 Å². The summed E-state index contributed by atoms with van der Waals surface area (Å²) in [5.74, 6) is 0.0460. The molecule has 1 amide bonds. The molecular formula is C17H27N3O3. The molecule has 6 heteroatoms. The number of amides is 1. The third kappa shape index (κ3) is 5.28. The monoisotopic (exact) mass is 321 g/mol. The lowest BCUT2D eigenvalue weighted by Crippen LogP contribution is -2.45. The number of aliphatic hydroxyl groups is 2. The molecule has 6 nitrogen and oxygen atoms in total. The topological polar surface area (TPSA) is 93.6 Å². The number of benzene rings is 1. The highest BCUT2D eigenvalue weighted by Gasteiger charge is 2.33. The van der Waals surface area contributed by atoms with Crippen molar-refractivity contribution in [2.75, 3.05) is 19.6 Å². The first-order valence-corrected chi connectivity index (χ1v) is 8.26. The van der Waals surface area contributed by atoms with E-state index in [2.05, 4.69) is 16.0 Å². The van der Waals surface area contributed by atoms with Gasteiger partial charge in [0.15, 0.2) is 0 Å². The summed E-state index contributed by atoms with van der Waals surface area (Å²) in [5, 5.41) is 28.9. The zero-order chi connectivity index (χ0) is 16.7. The molecule has 0 radical (unpaired) electrons. The van der Waals surface area contributed by atoms with Gasteiger partial charge in [-0.05, 0) is 12.0 Å². The van der Waals surface area contributed by atoms with Crippen molar-refractivity contribution in [3.05, 3.63) is 35.9 Å². The Labute approximate surface area is 137 Å². The van der Waals surface area contributed by atoms with Gasteiger partial charge in [0.05, 0.1) is 12.2 Å². The van der Waals surface area contributed by atoms with Crippen LogP contribution in [0.2, 0.25) is 0 Å². The van der Waals surface area contributed by atoms with Crippen molar-refractivity contribution in [1.82, 2.24) is 16.0 Å². The Balaban J connectivity index is 1.92. The van der Waals surface area contributed by atoms with Crippen molar-refractivity contribution in [2.45, 2.75) is 44.1 Å². The van der Waals surface area contributed by atoms with Gasteiger partial charge in [0.25, 0.3) is 0 Å². The van der Waals surface area contributed by atoms with E-state index in [-0.39, 0.29) is 18.0 Å². The maximum atomic E-state index is 11.7. The number of nitrogens with one attached hydrogen (secondary N) is 3. The molecule has 0 aliphatic carbocycles. The number of hydrogen-bond acceptors (Lipinski definition) is 5. The van der Waals surface area contributed by atoms with Gasteiger partial charge in [-0.25, -0.2) is 0 Å². The van der Waals surface area contributed by atoms with E-state index in [0.29, 0.717) is 26.1 Å². The second kappa shape index (κ2) is 8.98. The van der Waals surface area contributed by atoms with Crippen molar-refractivity contribution in [3.8, 4) is 0 Å². The molecule has 4 atom stereocenters. The zero-order valence-electron chi connectivity index (χ0n) is 13.5. The number of carbonyl (C=O) groups excluding carboxylic acids is 1. The Morgan fingerprint density at radius 1 is 1.35 bits per heavy atom. The molecule has 1 fully saturated rings. The average molecular weight is 321 g/mol. The van der Waals surface area contributed by atoms with Gasteiger partial charge in [-0.3, -0.25) is 4.79 Å². The molecule has 0 saturated carbocycles. The molecule has 0 spiro atoms. The summed E-state index contributed by atoms with van der Waals surface area (Å²) in [6, 6.07) is 9.67. The Morgan fingerprint density at radius 3 is 2.70 bits per heavy atom. The van der Waals surface area contributed by atoms with Crippen LogP contribution < -0.4 is 16.0 Å². The van der Waals surface area contributed by atoms with Gasteiger partial charge < -0.3 is 26.2 Å². The van der Waals surface area contributed by atoms with Crippen LogP contribution in [0.5, 0.6) is 0 Å². The van der Waals surface area contributed by atoms with E-state index in [4.69, 9.17) is 0 Å².